The lowest BCUT2D eigenvalue weighted by Gasteiger charge is -2.35. The summed E-state index contributed by atoms with van der Waals surface area (Å²) in [4.78, 5) is 1.98. The van der Waals surface area contributed by atoms with Crippen LogP contribution in [0.4, 0.5) is 0 Å². The van der Waals surface area contributed by atoms with Gasteiger partial charge in [-0.1, -0.05) is 0 Å². The van der Waals surface area contributed by atoms with Crippen LogP contribution in [0.15, 0.2) is 0 Å². The van der Waals surface area contributed by atoms with Gasteiger partial charge in [0.15, 0.2) is 0 Å². The van der Waals surface area contributed by atoms with Crippen LogP contribution < -0.4 is 0 Å². The average molecular weight is 239 g/mol. The average Bonchev–Trinajstić information content (AvgIpc) is 1.98. The predicted octanol–water partition coefficient (Wildman–Crippen LogP) is 0.357. The van der Waals surface area contributed by atoms with Crippen LogP contribution in [0.2, 0.25) is 0 Å². The Balaban J connectivity index is 4.09. The third-order valence-electron chi connectivity index (χ3n) is 2.15. The zero-order valence-electron chi connectivity index (χ0n) is 9.60. The van der Waals surface area contributed by atoms with Crippen molar-refractivity contribution in [3.8, 4) is 0 Å². The highest BCUT2D eigenvalue weighted by Crippen LogP contribution is 2.13. The number of β-amino-alcohol motifs (C(OH)–C–C–N with tert-alkyl or cyclic N) is 1. The first kappa shape index (κ1) is 14.8. The molecule has 2 N–H and O–H groups in total. The Labute approximate surface area is 91.8 Å². The summed E-state index contributed by atoms with van der Waals surface area (Å²) in [5.74, 6) is -0.231. The second-order valence-corrected chi connectivity index (χ2v) is 6.09. The summed E-state index contributed by atoms with van der Waals surface area (Å²) in [5, 5.41) is 8.85. The molecule has 0 aromatic rings. The highest BCUT2D eigenvalue weighted by Gasteiger charge is 2.20. The normalized spacial score (nSPS) is 13.5. The zero-order valence-corrected chi connectivity index (χ0v) is 10.4. The lowest BCUT2D eigenvalue weighted by molar-refractivity contribution is 0.106. The van der Waals surface area contributed by atoms with Gasteiger partial charge < -0.3 is 5.11 Å². The Morgan fingerprint density at radius 1 is 1.20 bits per heavy atom. The molecule has 0 unspecified atom stereocenters. The molecule has 0 heterocycles. The van der Waals surface area contributed by atoms with Gasteiger partial charge in [0.05, 0.1) is 12.4 Å². The molecule has 15 heavy (non-hydrogen) atoms. The van der Waals surface area contributed by atoms with Crippen LogP contribution in [-0.2, 0) is 10.1 Å². The minimum atomic E-state index is -3.87. The summed E-state index contributed by atoms with van der Waals surface area (Å²) in [6.07, 6.45) is 0.371. The Kier molecular flexibility index (Phi) is 5.72. The molecule has 0 amide bonds. The molecule has 0 aromatic carbocycles. The number of hydrogen-bond acceptors (Lipinski definition) is 4. The Morgan fingerprint density at radius 3 is 2.07 bits per heavy atom. The van der Waals surface area contributed by atoms with Crippen LogP contribution in [0.5, 0.6) is 0 Å². The van der Waals surface area contributed by atoms with E-state index >= 15 is 0 Å². The van der Waals surface area contributed by atoms with Crippen molar-refractivity contribution >= 4 is 10.1 Å². The van der Waals surface area contributed by atoms with E-state index in [0.29, 0.717) is 19.5 Å². The van der Waals surface area contributed by atoms with Gasteiger partial charge in [0, 0.05) is 12.1 Å². The summed E-state index contributed by atoms with van der Waals surface area (Å²) in [6, 6.07) is 0. The first-order chi connectivity index (χ1) is 6.67. The second-order valence-electron chi connectivity index (χ2n) is 4.52. The number of aliphatic hydroxyl groups is 1. The van der Waals surface area contributed by atoms with Crippen LogP contribution in [0.3, 0.4) is 0 Å². The quantitative estimate of drug-likeness (QED) is 0.654. The zero-order chi connectivity index (χ0) is 12.1. The molecular weight excluding hydrogens is 218 g/mol. The van der Waals surface area contributed by atoms with E-state index < -0.39 is 10.1 Å². The molecule has 0 aliphatic rings. The fourth-order valence-electron chi connectivity index (χ4n) is 1.34. The molecule has 0 fully saturated rings. The van der Waals surface area contributed by atoms with Crippen LogP contribution in [-0.4, -0.2) is 54.0 Å². The van der Waals surface area contributed by atoms with Crippen LogP contribution in [0, 0.1) is 0 Å². The molecule has 0 saturated heterocycles. The minimum absolute atomic E-state index is 0.0448. The molecule has 0 aliphatic carbocycles. The van der Waals surface area contributed by atoms with Crippen LogP contribution in [0.1, 0.15) is 27.2 Å². The molecule has 0 aliphatic heterocycles. The standard InChI is InChI=1S/C9H21NO4S/c1-9(2,3)10(6-7-11)5-4-8-15(12,13)14/h11H,4-8H2,1-3H3,(H,12,13,14). The van der Waals surface area contributed by atoms with Gasteiger partial charge in [0.25, 0.3) is 10.1 Å². The highest BCUT2D eigenvalue weighted by molar-refractivity contribution is 7.85. The van der Waals surface area contributed by atoms with E-state index in [0.717, 1.165) is 0 Å². The van der Waals surface area contributed by atoms with Crippen molar-refractivity contribution in [2.45, 2.75) is 32.7 Å². The number of nitrogens with zero attached hydrogens (tertiary/aromatic N) is 1. The van der Waals surface area contributed by atoms with Crippen molar-refractivity contribution in [1.29, 1.82) is 0 Å². The van der Waals surface area contributed by atoms with Gasteiger partial charge in [-0.2, -0.15) is 8.42 Å². The smallest absolute Gasteiger partial charge is 0.264 e. The van der Waals surface area contributed by atoms with Crippen molar-refractivity contribution in [1.82, 2.24) is 4.90 Å². The Bertz CT molecular complexity index is 268. The molecule has 0 atom stereocenters. The first-order valence-corrected chi connectivity index (χ1v) is 6.59. The highest BCUT2D eigenvalue weighted by atomic mass is 32.2. The molecule has 92 valence electrons. The fraction of sp³-hybridized carbons (Fsp3) is 1.00. The van der Waals surface area contributed by atoms with Crippen LogP contribution >= 0.6 is 0 Å². The van der Waals surface area contributed by atoms with E-state index in [1.807, 2.05) is 25.7 Å². The molecule has 0 saturated carbocycles. The van der Waals surface area contributed by atoms with Crippen molar-refractivity contribution in [3.05, 3.63) is 0 Å². The SMILES string of the molecule is CC(C)(C)N(CCO)CCCS(=O)(=O)O. The molecular formula is C9H21NO4S. The molecule has 5 nitrogen and oxygen atoms in total. The molecule has 0 aromatic heterocycles. The molecule has 0 spiro atoms. The molecule has 6 heteroatoms. The second kappa shape index (κ2) is 5.79. The summed E-state index contributed by atoms with van der Waals surface area (Å²) < 4.78 is 29.6. The lowest BCUT2D eigenvalue weighted by Crippen LogP contribution is -2.44. The topological polar surface area (TPSA) is 77.8 Å². The third kappa shape index (κ3) is 7.72. The molecule has 0 radical (unpaired) electrons. The maximum atomic E-state index is 10.5. The monoisotopic (exact) mass is 239 g/mol. The van der Waals surface area contributed by atoms with Crippen molar-refractivity contribution in [3.63, 3.8) is 0 Å². The van der Waals surface area contributed by atoms with E-state index in [1.165, 1.54) is 0 Å². The maximum Gasteiger partial charge on any atom is 0.264 e. The maximum absolute atomic E-state index is 10.5. The predicted molar refractivity (Wildman–Crippen MR) is 59.4 cm³/mol. The van der Waals surface area contributed by atoms with Crippen molar-refractivity contribution < 1.29 is 18.1 Å². The summed E-state index contributed by atoms with van der Waals surface area (Å²) >= 11 is 0. The van der Waals surface area contributed by atoms with Gasteiger partial charge in [-0.3, -0.25) is 9.45 Å². The summed E-state index contributed by atoms with van der Waals surface area (Å²) in [5.41, 5.74) is -0.109. The van der Waals surface area contributed by atoms with E-state index in [4.69, 9.17) is 9.66 Å². The Hall–Kier alpha value is -0.170. The van der Waals surface area contributed by atoms with E-state index in [9.17, 15) is 8.42 Å². The van der Waals surface area contributed by atoms with Gasteiger partial charge in [0.1, 0.15) is 0 Å². The van der Waals surface area contributed by atoms with Gasteiger partial charge in [0.2, 0.25) is 0 Å². The van der Waals surface area contributed by atoms with Gasteiger partial charge in [-0.05, 0) is 33.7 Å². The lowest BCUT2D eigenvalue weighted by atomic mass is 10.1. The van der Waals surface area contributed by atoms with E-state index in [-0.39, 0.29) is 17.9 Å². The summed E-state index contributed by atoms with van der Waals surface area (Å²) in [7, 11) is -3.87. The van der Waals surface area contributed by atoms with E-state index in [1.54, 1.807) is 0 Å². The minimum Gasteiger partial charge on any atom is -0.395 e. The van der Waals surface area contributed by atoms with Gasteiger partial charge in [-0.15, -0.1) is 0 Å². The molecule has 0 bridgehead atoms. The number of aliphatic hydroxyl groups excluding tert-OH is 1. The number of hydrogen-bond donors (Lipinski definition) is 2. The fourth-order valence-corrected chi connectivity index (χ4v) is 1.84. The van der Waals surface area contributed by atoms with E-state index in [2.05, 4.69) is 0 Å². The van der Waals surface area contributed by atoms with Gasteiger partial charge >= 0.3 is 0 Å². The Morgan fingerprint density at radius 2 is 1.73 bits per heavy atom. The van der Waals surface area contributed by atoms with Gasteiger partial charge in [-0.25, -0.2) is 0 Å². The van der Waals surface area contributed by atoms with Crippen LogP contribution in [0.25, 0.3) is 0 Å². The van der Waals surface area contributed by atoms with Crippen molar-refractivity contribution in [2.75, 3.05) is 25.4 Å². The summed E-state index contributed by atoms with van der Waals surface area (Å²) in [6.45, 7) is 7.09. The molecule has 0 rings (SSSR count). The third-order valence-corrected chi connectivity index (χ3v) is 2.95. The number of rotatable bonds is 6. The van der Waals surface area contributed by atoms with Crippen molar-refractivity contribution in [2.24, 2.45) is 0 Å². The first-order valence-electron chi connectivity index (χ1n) is 4.98. The largest absolute Gasteiger partial charge is 0.395 e.